The van der Waals surface area contributed by atoms with Gasteiger partial charge < -0.3 is 9.80 Å². The van der Waals surface area contributed by atoms with Crippen LogP contribution in [0.5, 0.6) is 0 Å². The van der Waals surface area contributed by atoms with Gasteiger partial charge in [0, 0.05) is 36.9 Å². The zero-order valence-electron chi connectivity index (χ0n) is 15.3. The molecule has 144 valence electrons. The zero-order chi connectivity index (χ0) is 19.7. The smallest absolute Gasteiger partial charge is 0.275 e. The van der Waals surface area contributed by atoms with Gasteiger partial charge in [0.05, 0.1) is 10.4 Å². The van der Waals surface area contributed by atoms with Crippen LogP contribution in [0.25, 0.3) is 10.8 Å². The SMILES string of the molecule is Cc1nc(C(=O)N2CCCN(C(=O)c3n[nH]c(=O)c4ccccc34)CC2)cs1. The monoisotopic (exact) mass is 397 g/mol. The zero-order valence-corrected chi connectivity index (χ0v) is 16.2. The van der Waals surface area contributed by atoms with E-state index < -0.39 is 0 Å². The molecule has 2 aromatic heterocycles. The molecule has 1 saturated heterocycles. The summed E-state index contributed by atoms with van der Waals surface area (Å²) < 4.78 is 0. The largest absolute Gasteiger partial charge is 0.335 e. The first-order valence-electron chi connectivity index (χ1n) is 9.02. The highest BCUT2D eigenvalue weighted by Gasteiger charge is 2.26. The molecule has 0 bridgehead atoms. The minimum absolute atomic E-state index is 0.105. The van der Waals surface area contributed by atoms with Crippen molar-refractivity contribution in [3.05, 3.63) is 56.4 Å². The number of hydrogen-bond acceptors (Lipinski definition) is 6. The molecule has 0 radical (unpaired) electrons. The lowest BCUT2D eigenvalue weighted by Gasteiger charge is -2.21. The van der Waals surface area contributed by atoms with Gasteiger partial charge in [0.25, 0.3) is 17.4 Å². The predicted molar refractivity (Wildman–Crippen MR) is 106 cm³/mol. The first kappa shape index (κ1) is 18.3. The van der Waals surface area contributed by atoms with Crippen LogP contribution in [0.3, 0.4) is 0 Å². The van der Waals surface area contributed by atoms with Crippen LogP contribution >= 0.6 is 11.3 Å². The minimum Gasteiger partial charge on any atom is -0.335 e. The van der Waals surface area contributed by atoms with E-state index in [9.17, 15) is 14.4 Å². The summed E-state index contributed by atoms with van der Waals surface area (Å²) in [5, 5.41) is 9.99. The van der Waals surface area contributed by atoms with Gasteiger partial charge in [-0.3, -0.25) is 14.4 Å². The number of thiazole rings is 1. The summed E-state index contributed by atoms with van der Waals surface area (Å²) in [6.45, 7) is 3.80. The summed E-state index contributed by atoms with van der Waals surface area (Å²) >= 11 is 1.45. The third-order valence-electron chi connectivity index (χ3n) is 4.81. The van der Waals surface area contributed by atoms with E-state index in [0.717, 1.165) is 5.01 Å². The minimum atomic E-state index is -0.321. The highest BCUT2D eigenvalue weighted by atomic mass is 32.1. The Balaban J connectivity index is 1.53. The standard InChI is InChI=1S/C19H19N5O3S/c1-12-20-15(11-28-12)18(26)23-7-4-8-24(10-9-23)19(27)16-13-5-2-3-6-14(13)17(25)22-21-16/h2-3,5-6,11H,4,7-10H2,1H3,(H,22,25). The predicted octanol–water partition coefficient (Wildman–Crippen LogP) is 1.68. The van der Waals surface area contributed by atoms with Crippen LogP contribution in [0, 0.1) is 6.92 Å². The Hall–Kier alpha value is -3.07. The van der Waals surface area contributed by atoms with E-state index in [0.29, 0.717) is 49.1 Å². The quantitative estimate of drug-likeness (QED) is 0.709. The van der Waals surface area contributed by atoms with Gasteiger partial charge in [0.2, 0.25) is 0 Å². The molecule has 1 N–H and O–H groups in total. The third kappa shape index (κ3) is 3.40. The number of benzene rings is 1. The fourth-order valence-electron chi connectivity index (χ4n) is 3.37. The van der Waals surface area contributed by atoms with Crippen molar-refractivity contribution in [2.45, 2.75) is 13.3 Å². The van der Waals surface area contributed by atoms with E-state index in [2.05, 4.69) is 15.2 Å². The molecule has 28 heavy (non-hydrogen) atoms. The van der Waals surface area contributed by atoms with E-state index in [1.54, 1.807) is 39.4 Å². The van der Waals surface area contributed by atoms with Gasteiger partial charge in [0.1, 0.15) is 5.69 Å². The van der Waals surface area contributed by atoms with Crippen LogP contribution in [0.2, 0.25) is 0 Å². The first-order valence-corrected chi connectivity index (χ1v) is 9.90. The second-order valence-corrected chi connectivity index (χ2v) is 7.70. The van der Waals surface area contributed by atoms with Crippen LogP contribution < -0.4 is 5.56 Å². The molecular weight excluding hydrogens is 378 g/mol. The average molecular weight is 397 g/mol. The second kappa shape index (κ2) is 7.51. The van der Waals surface area contributed by atoms with E-state index in [-0.39, 0.29) is 23.1 Å². The Bertz CT molecular complexity index is 1110. The number of fused-ring (bicyclic) bond motifs is 1. The molecule has 0 aliphatic carbocycles. The van der Waals surface area contributed by atoms with Crippen LogP contribution in [-0.2, 0) is 0 Å². The van der Waals surface area contributed by atoms with Crippen LogP contribution in [0.4, 0.5) is 0 Å². The summed E-state index contributed by atoms with van der Waals surface area (Å²) in [6, 6.07) is 6.93. The summed E-state index contributed by atoms with van der Waals surface area (Å²) in [7, 11) is 0. The Morgan fingerprint density at radius 1 is 1.04 bits per heavy atom. The van der Waals surface area contributed by atoms with Crippen LogP contribution in [0.1, 0.15) is 32.4 Å². The molecule has 9 heteroatoms. The van der Waals surface area contributed by atoms with Crippen molar-refractivity contribution >= 4 is 33.9 Å². The van der Waals surface area contributed by atoms with Gasteiger partial charge in [-0.15, -0.1) is 11.3 Å². The molecule has 2 amide bonds. The van der Waals surface area contributed by atoms with Crippen molar-refractivity contribution in [2.24, 2.45) is 0 Å². The van der Waals surface area contributed by atoms with Crippen molar-refractivity contribution < 1.29 is 9.59 Å². The van der Waals surface area contributed by atoms with Crippen LogP contribution in [-0.4, -0.2) is 63.0 Å². The summed E-state index contributed by atoms with van der Waals surface area (Å²) in [5.74, 6) is -0.350. The third-order valence-corrected chi connectivity index (χ3v) is 5.58. The van der Waals surface area contributed by atoms with Crippen molar-refractivity contribution in [3.63, 3.8) is 0 Å². The van der Waals surface area contributed by atoms with Crippen molar-refractivity contribution in [1.29, 1.82) is 0 Å². The Morgan fingerprint density at radius 3 is 2.39 bits per heavy atom. The van der Waals surface area contributed by atoms with Crippen molar-refractivity contribution in [2.75, 3.05) is 26.2 Å². The summed E-state index contributed by atoms with van der Waals surface area (Å²) in [6.07, 6.45) is 0.669. The highest BCUT2D eigenvalue weighted by molar-refractivity contribution is 7.09. The lowest BCUT2D eigenvalue weighted by molar-refractivity contribution is 0.0713. The Labute approximate surface area is 164 Å². The van der Waals surface area contributed by atoms with E-state index in [4.69, 9.17) is 0 Å². The van der Waals surface area contributed by atoms with Gasteiger partial charge in [-0.25, -0.2) is 10.1 Å². The van der Waals surface area contributed by atoms with Gasteiger partial charge in [-0.05, 0) is 19.4 Å². The molecule has 0 spiro atoms. The maximum absolute atomic E-state index is 13.1. The highest BCUT2D eigenvalue weighted by Crippen LogP contribution is 2.17. The number of nitrogens with zero attached hydrogens (tertiary/aromatic N) is 4. The van der Waals surface area contributed by atoms with Crippen molar-refractivity contribution in [1.82, 2.24) is 25.0 Å². The molecular formula is C19H19N5O3S. The van der Waals surface area contributed by atoms with Gasteiger partial charge in [-0.2, -0.15) is 5.10 Å². The van der Waals surface area contributed by atoms with Crippen molar-refractivity contribution in [3.8, 4) is 0 Å². The Kier molecular flexibility index (Phi) is 4.91. The number of rotatable bonds is 2. The van der Waals surface area contributed by atoms with Gasteiger partial charge in [-0.1, -0.05) is 18.2 Å². The number of carbonyl (C=O) groups is 2. The molecule has 3 aromatic rings. The summed E-state index contributed by atoms with van der Waals surface area (Å²) in [4.78, 5) is 45.3. The van der Waals surface area contributed by atoms with Crippen LogP contribution in [0.15, 0.2) is 34.4 Å². The van der Waals surface area contributed by atoms with Gasteiger partial charge in [0.15, 0.2) is 5.69 Å². The number of aryl methyl sites for hydroxylation is 1. The molecule has 1 aromatic carbocycles. The molecule has 1 aliphatic rings. The second-order valence-electron chi connectivity index (χ2n) is 6.64. The number of H-pyrrole nitrogens is 1. The number of nitrogens with one attached hydrogen (secondary N) is 1. The lowest BCUT2D eigenvalue weighted by Crippen LogP contribution is -2.38. The first-order chi connectivity index (χ1) is 13.5. The van der Waals surface area contributed by atoms with Gasteiger partial charge >= 0.3 is 0 Å². The molecule has 8 nitrogen and oxygen atoms in total. The summed E-state index contributed by atoms with van der Waals surface area (Å²) in [5.41, 5.74) is 0.360. The van der Waals surface area contributed by atoms with E-state index in [1.807, 2.05) is 6.92 Å². The molecule has 1 fully saturated rings. The molecule has 0 atom stereocenters. The Morgan fingerprint density at radius 2 is 1.71 bits per heavy atom. The molecule has 3 heterocycles. The molecule has 0 unspecified atom stereocenters. The maximum atomic E-state index is 13.1. The number of aromatic amines is 1. The average Bonchev–Trinajstić information content (AvgIpc) is 2.99. The molecule has 4 rings (SSSR count). The number of aromatic nitrogens is 3. The lowest BCUT2D eigenvalue weighted by atomic mass is 10.1. The molecule has 1 aliphatic heterocycles. The maximum Gasteiger partial charge on any atom is 0.275 e. The number of carbonyl (C=O) groups excluding carboxylic acids is 2. The normalized spacial score (nSPS) is 14.9. The topological polar surface area (TPSA) is 99.3 Å². The number of hydrogen-bond donors (Lipinski definition) is 1. The number of amides is 2. The fourth-order valence-corrected chi connectivity index (χ4v) is 3.96. The fraction of sp³-hybridized carbons (Fsp3) is 0.316. The van der Waals surface area contributed by atoms with E-state index in [1.165, 1.54) is 11.3 Å². The van der Waals surface area contributed by atoms with E-state index >= 15 is 0 Å². The molecule has 0 saturated carbocycles.